The molecule has 1 fully saturated rings. The van der Waals surface area contributed by atoms with Gasteiger partial charge in [-0.15, -0.1) is 0 Å². The Morgan fingerprint density at radius 2 is 2.26 bits per heavy atom. The molecule has 3 aromatic rings. The first kappa shape index (κ1) is 13.9. The third-order valence-corrected chi connectivity index (χ3v) is 4.27. The number of nitrogens with zero attached hydrogens (tertiary/aromatic N) is 4. The predicted molar refractivity (Wildman–Crippen MR) is 85.9 cm³/mol. The molecule has 116 valence electrons. The highest BCUT2D eigenvalue weighted by Crippen LogP contribution is 2.32. The minimum atomic E-state index is -0.0859. The number of rotatable bonds is 2. The first-order chi connectivity index (χ1) is 11.2. The van der Waals surface area contributed by atoms with Gasteiger partial charge in [-0.2, -0.15) is 0 Å². The predicted octanol–water partition coefficient (Wildman–Crippen LogP) is 2.64. The highest BCUT2D eigenvalue weighted by molar-refractivity contribution is 5.92. The highest BCUT2D eigenvalue weighted by Gasteiger charge is 2.33. The van der Waals surface area contributed by atoms with Crippen LogP contribution >= 0.6 is 0 Å². The number of aromatic nitrogens is 4. The van der Waals surface area contributed by atoms with Gasteiger partial charge in [0.25, 0.3) is 5.91 Å². The van der Waals surface area contributed by atoms with E-state index in [0.29, 0.717) is 5.69 Å². The van der Waals surface area contributed by atoms with Crippen LogP contribution in [0, 0.1) is 6.92 Å². The molecule has 0 radical (unpaired) electrons. The Kier molecular flexibility index (Phi) is 3.29. The topological polar surface area (TPSA) is 74.8 Å². The largest absolute Gasteiger partial charge is 0.340 e. The Morgan fingerprint density at radius 1 is 1.35 bits per heavy atom. The molecule has 6 nitrogen and oxygen atoms in total. The van der Waals surface area contributed by atoms with Crippen LogP contribution in [0.1, 0.15) is 40.8 Å². The second kappa shape index (κ2) is 5.46. The summed E-state index contributed by atoms with van der Waals surface area (Å²) >= 11 is 0. The maximum Gasteiger partial charge on any atom is 0.274 e. The first-order valence-electron chi connectivity index (χ1n) is 7.75. The molecule has 0 spiro atoms. The summed E-state index contributed by atoms with van der Waals surface area (Å²) in [5, 5.41) is 0. The third-order valence-electron chi connectivity index (χ3n) is 4.27. The van der Waals surface area contributed by atoms with Crippen LogP contribution in [0.5, 0.6) is 0 Å². The minimum Gasteiger partial charge on any atom is -0.340 e. The standard InChI is InChI=1S/C17H17N5O/c1-11-4-5-12-13(9-11)21-16(20-12)15-3-2-8-22(15)17(23)14-10-18-6-7-19-14/h4-7,9-10,15H,2-3,8H2,1H3,(H,20,21)/t15-/m0/s1. The number of hydrogen-bond acceptors (Lipinski definition) is 4. The highest BCUT2D eigenvalue weighted by atomic mass is 16.2. The molecule has 23 heavy (non-hydrogen) atoms. The fourth-order valence-corrected chi connectivity index (χ4v) is 3.15. The number of nitrogens with one attached hydrogen (secondary N) is 1. The van der Waals surface area contributed by atoms with Crippen LogP contribution in [0.3, 0.4) is 0 Å². The molecule has 0 unspecified atom stereocenters. The number of likely N-dealkylation sites (tertiary alicyclic amines) is 1. The van der Waals surface area contributed by atoms with Gasteiger partial charge in [-0.25, -0.2) is 9.97 Å². The number of aryl methyl sites for hydroxylation is 1. The van der Waals surface area contributed by atoms with Crippen LogP contribution in [0.25, 0.3) is 11.0 Å². The van der Waals surface area contributed by atoms with Gasteiger partial charge in [0.1, 0.15) is 11.5 Å². The first-order valence-corrected chi connectivity index (χ1v) is 7.75. The number of H-pyrrole nitrogens is 1. The Labute approximate surface area is 133 Å². The Morgan fingerprint density at radius 3 is 3.09 bits per heavy atom. The maximum absolute atomic E-state index is 12.7. The lowest BCUT2D eigenvalue weighted by atomic mass is 10.2. The van der Waals surface area contributed by atoms with Gasteiger partial charge in [0.05, 0.1) is 23.3 Å². The van der Waals surface area contributed by atoms with Crippen molar-refractivity contribution in [3.05, 3.63) is 53.9 Å². The summed E-state index contributed by atoms with van der Waals surface area (Å²) in [6, 6.07) is 6.10. The summed E-state index contributed by atoms with van der Waals surface area (Å²) in [6.45, 7) is 2.77. The summed E-state index contributed by atoms with van der Waals surface area (Å²) in [4.78, 5) is 30.7. The van der Waals surface area contributed by atoms with Crippen LogP contribution in [0.2, 0.25) is 0 Å². The van der Waals surface area contributed by atoms with Crippen LogP contribution in [0.4, 0.5) is 0 Å². The maximum atomic E-state index is 12.7. The molecular formula is C17H17N5O. The number of imidazole rings is 1. The van der Waals surface area contributed by atoms with Gasteiger partial charge in [0.2, 0.25) is 0 Å². The van der Waals surface area contributed by atoms with E-state index in [1.807, 2.05) is 17.0 Å². The molecule has 0 bridgehead atoms. The van der Waals surface area contributed by atoms with E-state index in [2.05, 4.69) is 32.9 Å². The average molecular weight is 307 g/mol. The number of carbonyl (C=O) groups is 1. The second-order valence-corrected chi connectivity index (χ2v) is 5.89. The second-order valence-electron chi connectivity index (χ2n) is 5.89. The zero-order valence-electron chi connectivity index (χ0n) is 12.9. The smallest absolute Gasteiger partial charge is 0.274 e. The lowest BCUT2D eigenvalue weighted by molar-refractivity contribution is 0.0724. The van der Waals surface area contributed by atoms with Crippen molar-refractivity contribution in [3.63, 3.8) is 0 Å². The van der Waals surface area contributed by atoms with Crippen molar-refractivity contribution in [2.24, 2.45) is 0 Å². The molecular weight excluding hydrogens is 290 g/mol. The number of hydrogen-bond donors (Lipinski definition) is 1. The SMILES string of the molecule is Cc1ccc2nc([C@@H]3CCCN3C(=O)c3cnccn3)[nH]c2c1. The molecule has 0 saturated carbocycles. The Balaban J connectivity index is 1.67. The van der Waals surface area contributed by atoms with E-state index in [9.17, 15) is 4.79 Å². The lowest BCUT2D eigenvalue weighted by Gasteiger charge is -2.22. The average Bonchev–Trinajstić information content (AvgIpc) is 3.20. The molecule has 6 heteroatoms. The minimum absolute atomic E-state index is 0.0304. The molecule has 2 aromatic heterocycles. The number of carbonyl (C=O) groups excluding carboxylic acids is 1. The van der Waals surface area contributed by atoms with E-state index in [4.69, 9.17) is 0 Å². The van der Waals surface area contributed by atoms with E-state index in [0.717, 1.165) is 36.2 Å². The fourth-order valence-electron chi connectivity index (χ4n) is 3.15. The van der Waals surface area contributed by atoms with E-state index in [-0.39, 0.29) is 11.9 Å². The van der Waals surface area contributed by atoms with Gasteiger partial charge in [-0.1, -0.05) is 6.07 Å². The Bertz CT molecular complexity index is 858. The van der Waals surface area contributed by atoms with Gasteiger partial charge >= 0.3 is 0 Å². The van der Waals surface area contributed by atoms with Crippen molar-refractivity contribution in [2.45, 2.75) is 25.8 Å². The number of fused-ring (bicyclic) bond motifs is 1. The number of aromatic amines is 1. The lowest BCUT2D eigenvalue weighted by Crippen LogP contribution is -2.31. The van der Waals surface area contributed by atoms with E-state index >= 15 is 0 Å². The zero-order chi connectivity index (χ0) is 15.8. The zero-order valence-corrected chi connectivity index (χ0v) is 12.9. The van der Waals surface area contributed by atoms with Crippen molar-refractivity contribution < 1.29 is 4.79 Å². The summed E-state index contributed by atoms with van der Waals surface area (Å²) in [5.41, 5.74) is 3.51. The molecule has 4 rings (SSSR count). The van der Waals surface area contributed by atoms with Crippen LogP contribution in [-0.2, 0) is 0 Å². The molecule has 0 aliphatic carbocycles. The number of benzene rings is 1. The summed E-state index contributed by atoms with van der Waals surface area (Å²) in [6.07, 6.45) is 6.50. The van der Waals surface area contributed by atoms with Gasteiger partial charge in [0, 0.05) is 18.9 Å². The summed E-state index contributed by atoms with van der Waals surface area (Å²) < 4.78 is 0. The van der Waals surface area contributed by atoms with Crippen molar-refractivity contribution in [1.82, 2.24) is 24.8 Å². The number of amides is 1. The van der Waals surface area contributed by atoms with Crippen molar-refractivity contribution in [3.8, 4) is 0 Å². The van der Waals surface area contributed by atoms with Gasteiger partial charge in [-0.05, 0) is 37.5 Å². The van der Waals surface area contributed by atoms with Crippen LogP contribution in [-0.4, -0.2) is 37.3 Å². The van der Waals surface area contributed by atoms with Gasteiger partial charge in [0.15, 0.2) is 0 Å². The van der Waals surface area contributed by atoms with E-state index in [1.54, 1.807) is 12.4 Å². The normalized spacial score (nSPS) is 17.8. The van der Waals surface area contributed by atoms with E-state index in [1.165, 1.54) is 11.8 Å². The molecule has 1 aliphatic rings. The molecule has 1 saturated heterocycles. The van der Waals surface area contributed by atoms with E-state index < -0.39 is 0 Å². The Hall–Kier alpha value is -2.76. The molecule has 1 atom stereocenters. The summed E-state index contributed by atoms with van der Waals surface area (Å²) in [7, 11) is 0. The van der Waals surface area contributed by atoms with Crippen LogP contribution < -0.4 is 0 Å². The molecule has 1 aromatic carbocycles. The van der Waals surface area contributed by atoms with Gasteiger partial charge < -0.3 is 9.88 Å². The van der Waals surface area contributed by atoms with Crippen molar-refractivity contribution in [1.29, 1.82) is 0 Å². The van der Waals surface area contributed by atoms with Gasteiger partial charge in [-0.3, -0.25) is 9.78 Å². The fraction of sp³-hybridized carbons (Fsp3) is 0.294. The monoisotopic (exact) mass is 307 g/mol. The molecule has 1 aliphatic heterocycles. The molecule has 3 heterocycles. The third kappa shape index (κ3) is 2.46. The summed E-state index contributed by atoms with van der Waals surface area (Å²) in [5.74, 6) is 0.762. The van der Waals surface area contributed by atoms with Crippen molar-refractivity contribution >= 4 is 16.9 Å². The quantitative estimate of drug-likeness (QED) is 0.789. The molecule has 1 amide bonds. The molecule has 1 N–H and O–H groups in total. The van der Waals surface area contributed by atoms with Crippen molar-refractivity contribution in [2.75, 3.05) is 6.54 Å². The van der Waals surface area contributed by atoms with Crippen LogP contribution in [0.15, 0.2) is 36.8 Å².